The van der Waals surface area contributed by atoms with Crippen LogP contribution < -0.4 is 0 Å². The topological polar surface area (TPSA) is 25.2 Å². The van der Waals surface area contributed by atoms with Crippen molar-refractivity contribution < 1.29 is 5.11 Å². The number of benzene rings is 1. The molecule has 16 heavy (non-hydrogen) atoms. The van der Waals surface area contributed by atoms with Gasteiger partial charge in [-0.2, -0.15) is 0 Å². The van der Waals surface area contributed by atoms with Crippen molar-refractivity contribution in [2.75, 3.05) is 6.61 Å². The first-order valence-electron chi connectivity index (χ1n) is 5.92. The van der Waals surface area contributed by atoms with Gasteiger partial charge in [-0.05, 0) is 30.5 Å². The Balaban J connectivity index is 2.23. The molecular formula is C14H17NO. The zero-order valence-electron chi connectivity index (χ0n) is 9.61. The number of aliphatic hydroxyl groups is 1. The quantitative estimate of drug-likeness (QED) is 0.818. The zero-order chi connectivity index (χ0) is 11.2. The van der Waals surface area contributed by atoms with Crippen LogP contribution >= 0.6 is 0 Å². The van der Waals surface area contributed by atoms with Crippen LogP contribution in [0.5, 0.6) is 0 Å². The van der Waals surface area contributed by atoms with Gasteiger partial charge in [0.05, 0.1) is 6.61 Å². The van der Waals surface area contributed by atoms with Gasteiger partial charge in [0.15, 0.2) is 0 Å². The maximum atomic E-state index is 9.65. The predicted octanol–water partition coefficient (Wildman–Crippen LogP) is 2.59. The Labute approximate surface area is 95.5 Å². The highest BCUT2D eigenvalue weighted by Crippen LogP contribution is 2.45. The van der Waals surface area contributed by atoms with Gasteiger partial charge in [0.2, 0.25) is 0 Å². The number of nitrogens with zero attached hydrogens (tertiary/aromatic N) is 1. The smallest absolute Gasteiger partial charge is 0.0528 e. The second kappa shape index (κ2) is 3.36. The molecule has 1 aromatic carbocycles. The molecular weight excluding hydrogens is 198 g/mol. The van der Waals surface area contributed by atoms with E-state index in [9.17, 15) is 5.11 Å². The SMILES string of the molecule is Cn1ccc2c(C3(CO)CCC3)cccc21. The Morgan fingerprint density at radius 3 is 2.75 bits per heavy atom. The van der Waals surface area contributed by atoms with Gasteiger partial charge in [-0.1, -0.05) is 18.6 Å². The number of aliphatic hydroxyl groups excluding tert-OH is 1. The molecule has 0 bridgehead atoms. The van der Waals surface area contributed by atoms with E-state index in [2.05, 4.69) is 42.1 Å². The highest BCUT2D eigenvalue weighted by molar-refractivity contribution is 5.85. The lowest BCUT2D eigenvalue weighted by molar-refractivity contribution is 0.121. The number of aromatic nitrogens is 1. The molecule has 3 rings (SSSR count). The fraction of sp³-hybridized carbons (Fsp3) is 0.429. The van der Waals surface area contributed by atoms with Crippen LogP contribution in [0.15, 0.2) is 30.5 Å². The van der Waals surface area contributed by atoms with Gasteiger partial charge >= 0.3 is 0 Å². The van der Waals surface area contributed by atoms with Crippen LogP contribution in [0, 0.1) is 0 Å². The molecule has 1 aliphatic rings. The normalized spacial score (nSPS) is 18.6. The van der Waals surface area contributed by atoms with Crippen molar-refractivity contribution in [3.05, 3.63) is 36.0 Å². The number of rotatable bonds is 2. The third-order valence-corrected chi connectivity index (χ3v) is 4.11. The standard InChI is InChI=1S/C14H17NO/c1-15-9-6-11-12(4-2-5-13(11)15)14(10-16)7-3-8-14/h2,4-6,9,16H,3,7-8,10H2,1H3. The molecule has 1 aromatic heterocycles. The van der Waals surface area contributed by atoms with Crippen LogP contribution in [-0.2, 0) is 12.5 Å². The van der Waals surface area contributed by atoms with Crippen molar-refractivity contribution in [3.63, 3.8) is 0 Å². The van der Waals surface area contributed by atoms with Crippen molar-refractivity contribution in [2.24, 2.45) is 7.05 Å². The summed E-state index contributed by atoms with van der Waals surface area (Å²) in [6.07, 6.45) is 5.58. The Hall–Kier alpha value is -1.28. The van der Waals surface area contributed by atoms with E-state index in [0.29, 0.717) is 0 Å². The summed E-state index contributed by atoms with van der Waals surface area (Å²) in [4.78, 5) is 0. The second-order valence-electron chi connectivity index (χ2n) is 4.96. The van der Waals surface area contributed by atoms with Crippen LogP contribution in [0.2, 0.25) is 0 Å². The van der Waals surface area contributed by atoms with Gasteiger partial charge in [-0.3, -0.25) is 0 Å². The van der Waals surface area contributed by atoms with Crippen LogP contribution in [0.25, 0.3) is 10.9 Å². The molecule has 2 aromatic rings. The van der Waals surface area contributed by atoms with E-state index in [0.717, 1.165) is 12.8 Å². The number of fused-ring (bicyclic) bond motifs is 1. The van der Waals surface area contributed by atoms with Crippen molar-refractivity contribution in [3.8, 4) is 0 Å². The summed E-state index contributed by atoms with van der Waals surface area (Å²) in [5.74, 6) is 0. The number of hydrogen-bond donors (Lipinski definition) is 1. The molecule has 1 fully saturated rings. The molecule has 1 heterocycles. The molecule has 0 amide bonds. The molecule has 0 aliphatic heterocycles. The summed E-state index contributed by atoms with van der Waals surface area (Å²) >= 11 is 0. The molecule has 0 radical (unpaired) electrons. The summed E-state index contributed by atoms with van der Waals surface area (Å²) in [7, 11) is 2.07. The molecule has 1 N–H and O–H groups in total. The predicted molar refractivity (Wildman–Crippen MR) is 65.5 cm³/mol. The lowest BCUT2D eigenvalue weighted by Crippen LogP contribution is -2.38. The van der Waals surface area contributed by atoms with Crippen molar-refractivity contribution in [2.45, 2.75) is 24.7 Å². The van der Waals surface area contributed by atoms with Gasteiger partial charge in [0.25, 0.3) is 0 Å². The molecule has 0 unspecified atom stereocenters. The molecule has 84 valence electrons. The largest absolute Gasteiger partial charge is 0.395 e. The second-order valence-corrected chi connectivity index (χ2v) is 4.96. The van der Waals surface area contributed by atoms with Gasteiger partial charge in [-0.15, -0.1) is 0 Å². The third-order valence-electron chi connectivity index (χ3n) is 4.11. The Kier molecular flexibility index (Phi) is 2.08. The van der Waals surface area contributed by atoms with E-state index in [1.165, 1.54) is 22.9 Å². The molecule has 0 atom stereocenters. The van der Waals surface area contributed by atoms with E-state index in [1.54, 1.807) is 0 Å². The average molecular weight is 215 g/mol. The average Bonchev–Trinajstić information content (AvgIpc) is 2.61. The molecule has 2 heteroatoms. The highest BCUT2D eigenvalue weighted by atomic mass is 16.3. The maximum absolute atomic E-state index is 9.65. The number of aryl methyl sites for hydroxylation is 1. The van der Waals surface area contributed by atoms with Crippen molar-refractivity contribution in [1.29, 1.82) is 0 Å². The van der Waals surface area contributed by atoms with Gasteiger partial charge < -0.3 is 9.67 Å². The first-order chi connectivity index (χ1) is 7.77. The van der Waals surface area contributed by atoms with E-state index in [-0.39, 0.29) is 12.0 Å². The summed E-state index contributed by atoms with van der Waals surface area (Å²) in [5, 5.41) is 11.0. The van der Waals surface area contributed by atoms with Crippen molar-refractivity contribution >= 4 is 10.9 Å². The summed E-state index contributed by atoms with van der Waals surface area (Å²) < 4.78 is 2.14. The molecule has 1 aliphatic carbocycles. The fourth-order valence-corrected chi connectivity index (χ4v) is 2.88. The Morgan fingerprint density at radius 1 is 1.31 bits per heavy atom. The zero-order valence-corrected chi connectivity index (χ0v) is 9.61. The lowest BCUT2D eigenvalue weighted by Gasteiger charge is -2.41. The van der Waals surface area contributed by atoms with Gasteiger partial charge in [0.1, 0.15) is 0 Å². The lowest BCUT2D eigenvalue weighted by atomic mass is 9.64. The molecule has 0 saturated heterocycles. The monoisotopic (exact) mass is 215 g/mol. The minimum atomic E-state index is 0.0425. The minimum absolute atomic E-state index is 0.0425. The van der Waals surface area contributed by atoms with Crippen LogP contribution in [0.4, 0.5) is 0 Å². The van der Waals surface area contributed by atoms with Gasteiger partial charge in [-0.25, -0.2) is 0 Å². The summed E-state index contributed by atoms with van der Waals surface area (Å²) in [6, 6.07) is 8.59. The van der Waals surface area contributed by atoms with E-state index in [1.807, 2.05) is 0 Å². The third kappa shape index (κ3) is 1.17. The fourth-order valence-electron chi connectivity index (χ4n) is 2.88. The van der Waals surface area contributed by atoms with Crippen LogP contribution in [0.3, 0.4) is 0 Å². The minimum Gasteiger partial charge on any atom is -0.395 e. The highest BCUT2D eigenvalue weighted by Gasteiger charge is 2.39. The summed E-state index contributed by atoms with van der Waals surface area (Å²) in [5.41, 5.74) is 2.64. The van der Waals surface area contributed by atoms with Gasteiger partial charge in [0, 0.05) is 29.6 Å². The van der Waals surface area contributed by atoms with Crippen LogP contribution in [0.1, 0.15) is 24.8 Å². The van der Waals surface area contributed by atoms with Crippen LogP contribution in [-0.4, -0.2) is 16.3 Å². The van der Waals surface area contributed by atoms with E-state index >= 15 is 0 Å². The number of hydrogen-bond acceptors (Lipinski definition) is 1. The maximum Gasteiger partial charge on any atom is 0.0528 e. The Morgan fingerprint density at radius 2 is 2.12 bits per heavy atom. The summed E-state index contributed by atoms with van der Waals surface area (Å²) in [6.45, 7) is 0.279. The molecule has 0 spiro atoms. The molecule has 2 nitrogen and oxygen atoms in total. The van der Waals surface area contributed by atoms with Crippen molar-refractivity contribution in [1.82, 2.24) is 4.57 Å². The Bertz CT molecular complexity index is 517. The first kappa shape index (κ1) is 9.91. The first-order valence-corrected chi connectivity index (χ1v) is 5.92. The van der Waals surface area contributed by atoms with E-state index in [4.69, 9.17) is 0 Å². The van der Waals surface area contributed by atoms with E-state index < -0.39 is 0 Å². The molecule has 1 saturated carbocycles.